The van der Waals surface area contributed by atoms with Crippen LogP contribution in [-0.2, 0) is 10.2 Å². The predicted molar refractivity (Wildman–Crippen MR) is 58.7 cm³/mol. The van der Waals surface area contributed by atoms with Crippen molar-refractivity contribution in [2.45, 2.75) is 24.7 Å². The lowest BCUT2D eigenvalue weighted by molar-refractivity contribution is -0.132. The molecule has 1 aromatic rings. The van der Waals surface area contributed by atoms with E-state index in [0.29, 0.717) is 5.92 Å². The first-order chi connectivity index (χ1) is 7.28. The highest BCUT2D eigenvalue weighted by Gasteiger charge is 2.63. The Bertz CT molecular complexity index is 385. The molecule has 0 aromatic carbocycles. The Hall–Kier alpha value is -0.900. The van der Waals surface area contributed by atoms with Crippen molar-refractivity contribution in [3.63, 3.8) is 0 Å². The van der Waals surface area contributed by atoms with Crippen LogP contribution in [0.5, 0.6) is 0 Å². The number of carbonyl (C=O) groups excluding carboxylic acids is 1. The van der Waals surface area contributed by atoms with Gasteiger partial charge in [0, 0.05) is 23.5 Å². The van der Waals surface area contributed by atoms with Crippen molar-refractivity contribution in [2.24, 2.45) is 11.8 Å². The fraction of sp³-hybridized carbons (Fsp3) is 0.636. The first-order valence-corrected chi connectivity index (χ1v) is 6.26. The molecule has 3 fully saturated rings. The van der Waals surface area contributed by atoms with Crippen molar-refractivity contribution in [2.75, 3.05) is 7.05 Å². The Morgan fingerprint density at radius 1 is 1.73 bits per heavy atom. The van der Waals surface area contributed by atoms with Crippen LogP contribution in [0, 0.1) is 11.8 Å². The van der Waals surface area contributed by atoms with Gasteiger partial charge in [-0.05, 0) is 25.2 Å². The van der Waals surface area contributed by atoms with E-state index in [1.165, 1.54) is 17.7 Å². The number of carbonyl (C=O) groups is 1. The molecule has 3 unspecified atom stereocenters. The average molecular weight is 222 g/mol. The highest BCUT2D eigenvalue weighted by molar-refractivity contribution is 7.09. The van der Waals surface area contributed by atoms with Crippen LogP contribution in [0.15, 0.2) is 11.7 Å². The van der Waals surface area contributed by atoms with Gasteiger partial charge in [0.15, 0.2) is 0 Å². The number of amides is 1. The molecule has 0 radical (unpaired) electrons. The molecule has 80 valence electrons. The van der Waals surface area contributed by atoms with Crippen molar-refractivity contribution in [3.05, 3.63) is 16.6 Å². The van der Waals surface area contributed by atoms with Gasteiger partial charge in [0.2, 0.25) is 5.91 Å². The second-order valence-corrected chi connectivity index (χ2v) is 5.50. The van der Waals surface area contributed by atoms with E-state index in [1.54, 1.807) is 18.4 Å². The van der Waals surface area contributed by atoms with Crippen LogP contribution >= 0.6 is 11.3 Å². The van der Waals surface area contributed by atoms with Gasteiger partial charge in [0.1, 0.15) is 0 Å². The first kappa shape index (κ1) is 9.33. The maximum atomic E-state index is 11.8. The fourth-order valence-electron chi connectivity index (χ4n) is 3.43. The van der Waals surface area contributed by atoms with Gasteiger partial charge in [-0.1, -0.05) is 0 Å². The second-order valence-electron chi connectivity index (χ2n) is 4.62. The molecule has 4 rings (SSSR count). The summed E-state index contributed by atoms with van der Waals surface area (Å²) in [6, 6.07) is 0. The number of aromatic nitrogens is 1. The molecule has 2 bridgehead atoms. The quantitative estimate of drug-likeness (QED) is 0.825. The largest absolute Gasteiger partial charge is 0.359 e. The molecule has 1 aromatic heterocycles. The third kappa shape index (κ3) is 1.06. The molecule has 0 aliphatic heterocycles. The topological polar surface area (TPSA) is 42.0 Å². The van der Waals surface area contributed by atoms with Crippen molar-refractivity contribution >= 4 is 17.2 Å². The van der Waals surface area contributed by atoms with Crippen LogP contribution in [0.3, 0.4) is 0 Å². The van der Waals surface area contributed by atoms with E-state index in [9.17, 15) is 4.79 Å². The lowest BCUT2D eigenvalue weighted by Crippen LogP contribution is -2.51. The van der Waals surface area contributed by atoms with Crippen LogP contribution in [0.1, 0.15) is 24.1 Å². The van der Waals surface area contributed by atoms with Gasteiger partial charge in [-0.25, -0.2) is 0 Å². The average Bonchev–Trinajstić information content (AvgIpc) is 2.91. The maximum Gasteiger partial charge on any atom is 0.224 e. The summed E-state index contributed by atoms with van der Waals surface area (Å²) in [6.45, 7) is 0. The summed E-state index contributed by atoms with van der Waals surface area (Å²) in [5.41, 5.74) is 2.02. The SMILES string of the molecule is CNC(=O)C1C2CCC1(c1cncs1)C2. The van der Waals surface area contributed by atoms with Gasteiger partial charge in [0.05, 0.1) is 11.4 Å². The van der Waals surface area contributed by atoms with Crippen molar-refractivity contribution in [1.29, 1.82) is 0 Å². The van der Waals surface area contributed by atoms with E-state index in [2.05, 4.69) is 10.3 Å². The number of thiazole rings is 1. The molecular weight excluding hydrogens is 208 g/mol. The molecular formula is C11H14N2OS. The minimum atomic E-state index is 0.145. The highest BCUT2D eigenvalue weighted by Crippen LogP contribution is 2.64. The zero-order valence-electron chi connectivity index (χ0n) is 8.69. The molecule has 3 aliphatic rings. The molecule has 3 aliphatic carbocycles. The number of fused-ring (bicyclic) bond motifs is 1. The second kappa shape index (κ2) is 3.04. The minimum absolute atomic E-state index is 0.145. The van der Waals surface area contributed by atoms with Crippen molar-refractivity contribution in [1.82, 2.24) is 10.3 Å². The summed E-state index contributed by atoms with van der Waals surface area (Å²) in [5.74, 6) is 1.05. The van der Waals surface area contributed by atoms with E-state index >= 15 is 0 Å². The van der Waals surface area contributed by atoms with E-state index in [0.717, 1.165) is 6.42 Å². The lowest BCUT2D eigenvalue weighted by atomic mass is 9.59. The van der Waals surface area contributed by atoms with E-state index < -0.39 is 0 Å². The summed E-state index contributed by atoms with van der Waals surface area (Å²) < 4.78 is 0. The molecule has 3 nitrogen and oxygen atoms in total. The smallest absolute Gasteiger partial charge is 0.224 e. The first-order valence-electron chi connectivity index (χ1n) is 5.38. The molecule has 0 spiro atoms. The summed E-state index contributed by atoms with van der Waals surface area (Å²) in [6.07, 6.45) is 5.50. The number of rotatable bonds is 2. The van der Waals surface area contributed by atoms with Gasteiger partial charge in [0.25, 0.3) is 0 Å². The van der Waals surface area contributed by atoms with E-state index in [4.69, 9.17) is 0 Å². The van der Waals surface area contributed by atoms with E-state index in [-0.39, 0.29) is 17.2 Å². The normalized spacial score (nSPS) is 37.4. The summed E-state index contributed by atoms with van der Waals surface area (Å²) in [5, 5.41) is 2.80. The molecule has 3 saturated carbocycles. The third-order valence-electron chi connectivity index (χ3n) is 4.11. The Morgan fingerprint density at radius 2 is 2.60 bits per heavy atom. The summed E-state index contributed by atoms with van der Waals surface area (Å²) in [4.78, 5) is 17.3. The van der Waals surface area contributed by atoms with Crippen molar-refractivity contribution < 1.29 is 4.79 Å². The zero-order valence-corrected chi connectivity index (χ0v) is 9.51. The van der Waals surface area contributed by atoms with Crippen LogP contribution in [0.2, 0.25) is 0 Å². The molecule has 3 atom stereocenters. The molecule has 1 heterocycles. The van der Waals surface area contributed by atoms with Gasteiger partial charge < -0.3 is 5.32 Å². The fourth-order valence-corrected chi connectivity index (χ4v) is 4.34. The standard InChI is InChI=1S/C11H14N2OS/c1-12-10(14)9-7-2-3-11(9,4-7)8-5-13-6-15-8/h5-7,9H,2-4H2,1H3,(H,12,14). The molecule has 15 heavy (non-hydrogen) atoms. The van der Waals surface area contributed by atoms with Gasteiger partial charge in [-0.15, -0.1) is 11.3 Å². The molecule has 4 heteroatoms. The summed E-state index contributed by atoms with van der Waals surface area (Å²) in [7, 11) is 1.74. The van der Waals surface area contributed by atoms with Gasteiger partial charge >= 0.3 is 0 Å². The van der Waals surface area contributed by atoms with Gasteiger partial charge in [-0.2, -0.15) is 0 Å². The number of hydrogen-bond acceptors (Lipinski definition) is 3. The van der Waals surface area contributed by atoms with Crippen molar-refractivity contribution in [3.8, 4) is 0 Å². The van der Waals surface area contributed by atoms with Gasteiger partial charge in [-0.3, -0.25) is 9.78 Å². The Labute approximate surface area is 92.9 Å². The predicted octanol–water partition coefficient (Wildman–Crippen LogP) is 1.56. The molecule has 1 N–H and O–H groups in total. The molecule has 0 saturated heterocycles. The number of hydrogen-bond donors (Lipinski definition) is 1. The monoisotopic (exact) mass is 222 g/mol. The third-order valence-corrected chi connectivity index (χ3v) is 5.10. The highest BCUT2D eigenvalue weighted by atomic mass is 32.1. The maximum absolute atomic E-state index is 11.8. The zero-order chi connectivity index (χ0) is 10.5. The lowest BCUT2D eigenvalue weighted by Gasteiger charge is -2.45. The Kier molecular flexibility index (Phi) is 1.89. The molecule has 1 amide bonds. The Balaban J connectivity index is 1.96. The van der Waals surface area contributed by atoms with Crippen LogP contribution in [-0.4, -0.2) is 17.9 Å². The van der Waals surface area contributed by atoms with Crippen LogP contribution in [0.25, 0.3) is 0 Å². The number of nitrogens with one attached hydrogen (secondary N) is 1. The Morgan fingerprint density at radius 3 is 3.20 bits per heavy atom. The minimum Gasteiger partial charge on any atom is -0.359 e. The van der Waals surface area contributed by atoms with Crippen LogP contribution in [0.4, 0.5) is 0 Å². The number of nitrogens with zero attached hydrogens (tertiary/aromatic N) is 1. The van der Waals surface area contributed by atoms with E-state index in [1.807, 2.05) is 11.7 Å². The van der Waals surface area contributed by atoms with Crippen LogP contribution < -0.4 is 5.32 Å². The summed E-state index contributed by atoms with van der Waals surface area (Å²) >= 11 is 1.70.